The Morgan fingerprint density at radius 1 is 0.906 bits per heavy atom. The Balaban J connectivity index is 3.71. The van der Waals surface area contributed by atoms with Gasteiger partial charge in [-0.05, 0) is 46.0 Å². The van der Waals surface area contributed by atoms with E-state index in [1.807, 2.05) is 0 Å². The largest absolute Gasteiger partial charge is 0.470 e. The van der Waals surface area contributed by atoms with E-state index < -0.39 is 19.5 Å². The number of allylic oxidation sites excluding steroid dienone is 2. The van der Waals surface area contributed by atoms with Crippen LogP contribution in [0.5, 0.6) is 0 Å². The quantitative estimate of drug-likeness (QED) is 0.0843. The molecule has 1 atom stereocenters. The molecule has 32 heavy (non-hydrogen) atoms. The Bertz CT molecular complexity index is 542. The molecular weight excluding hydrogens is 431 g/mol. The average molecular weight is 479 g/mol. The van der Waals surface area contributed by atoms with Gasteiger partial charge in [-0.1, -0.05) is 70.4 Å². The summed E-state index contributed by atoms with van der Waals surface area (Å²) in [4.78, 5) is 29.9. The molecule has 0 aromatic rings. The summed E-state index contributed by atoms with van der Waals surface area (Å²) in [7, 11) is -3.29. The van der Waals surface area contributed by atoms with Crippen LogP contribution in [0.15, 0.2) is 12.2 Å². The summed E-state index contributed by atoms with van der Waals surface area (Å²) >= 11 is 0. The highest BCUT2D eigenvalue weighted by Gasteiger charge is 2.37. The number of carbonyl (C=O) groups excluding carboxylic acids is 1. The van der Waals surface area contributed by atoms with Gasteiger partial charge in [0.2, 0.25) is 0 Å². The third-order valence-corrected chi connectivity index (χ3v) is 6.16. The fraction of sp³-hybridized carbons (Fsp3) is 0.875. The van der Waals surface area contributed by atoms with Gasteiger partial charge in [-0.3, -0.25) is 9.32 Å². The van der Waals surface area contributed by atoms with Crippen LogP contribution in [-0.2, 0) is 23.4 Å². The molecule has 0 aliphatic carbocycles. The standard InChI is InChI=1S/C24H47O7P/c1-5-6-7-8-9-10-11-12-13-14-15-16-17-18-19-20-23(25)30-21-22(29-4)24(2,3)31-32(26,27)28/h12-13,22H,5-11,14-21H2,1-4H3,(H2,26,27,28). The number of carbonyl (C=O) groups is 1. The van der Waals surface area contributed by atoms with Crippen molar-refractivity contribution in [2.45, 2.75) is 122 Å². The minimum atomic E-state index is -4.67. The van der Waals surface area contributed by atoms with Crippen LogP contribution in [0.25, 0.3) is 0 Å². The van der Waals surface area contributed by atoms with Crippen molar-refractivity contribution in [3.8, 4) is 0 Å². The van der Waals surface area contributed by atoms with E-state index in [9.17, 15) is 9.36 Å². The lowest BCUT2D eigenvalue weighted by Crippen LogP contribution is -2.43. The lowest BCUT2D eigenvalue weighted by atomic mass is 10.0. The first-order valence-corrected chi connectivity index (χ1v) is 13.7. The summed E-state index contributed by atoms with van der Waals surface area (Å²) < 4.78 is 26.2. The molecule has 0 saturated carbocycles. The highest BCUT2D eigenvalue weighted by atomic mass is 31.2. The summed E-state index contributed by atoms with van der Waals surface area (Å²) in [6.07, 6.45) is 19.7. The van der Waals surface area contributed by atoms with Gasteiger partial charge in [0.1, 0.15) is 18.3 Å². The molecule has 7 nitrogen and oxygen atoms in total. The molecule has 0 aliphatic heterocycles. The van der Waals surface area contributed by atoms with E-state index in [0.717, 1.165) is 32.1 Å². The zero-order valence-corrected chi connectivity index (χ0v) is 21.6. The van der Waals surface area contributed by atoms with Gasteiger partial charge in [-0.2, -0.15) is 0 Å². The lowest BCUT2D eigenvalue weighted by Gasteiger charge is -2.32. The first-order valence-electron chi connectivity index (χ1n) is 12.2. The van der Waals surface area contributed by atoms with Gasteiger partial charge < -0.3 is 19.3 Å². The number of ether oxygens (including phenoxy) is 2. The third kappa shape index (κ3) is 18.8. The number of phosphoric acid groups is 1. The van der Waals surface area contributed by atoms with Crippen molar-refractivity contribution in [1.29, 1.82) is 0 Å². The molecule has 0 amide bonds. The van der Waals surface area contributed by atoms with Crippen molar-refractivity contribution in [2.75, 3.05) is 13.7 Å². The van der Waals surface area contributed by atoms with Gasteiger partial charge in [-0.15, -0.1) is 0 Å². The van der Waals surface area contributed by atoms with Gasteiger partial charge in [0.05, 0.1) is 0 Å². The molecule has 0 spiro atoms. The SMILES string of the molecule is CCCCCCCCC=CCCCCCCCC(=O)OCC(OC)C(C)(C)OP(=O)(O)O. The summed E-state index contributed by atoms with van der Waals surface area (Å²) in [5.74, 6) is -0.336. The van der Waals surface area contributed by atoms with Crippen LogP contribution in [0.2, 0.25) is 0 Å². The van der Waals surface area contributed by atoms with Crippen molar-refractivity contribution in [3.63, 3.8) is 0 Å². The number of rotatable bonds is 21. The van der Waals surface area contributed by atoms with E-state index in [-0.39, 0.29) is 12.6 Å². The van der Waals surface area contributed by atoms with Crippen LogP contribution in [-0.4, -0.2) is 41.2 Å². The van der Waals surface area contributed by atoms with Crippen LogP contribution in [0, 0.1) is 0 Å². The second-order valence-corrected chi connectivity index (χ2v) is 10.1. The molecule has 0 saturated heterocycles. The molecule has 0 fully saturated rings. The van der Waals surface area contributed by atoms with E-state index in [0.29, 0.717) is 6.42 Å². The number of hydrogen-bond acceptors (Lipinski definition) is 5. The van der Waals surface area contributed by atoms with Crippen LogP contribution >= 0.6 is 7.82 Å². The second-order valence-electron chi connectivity index (χ2n) is 8.93. The number of methoxy groups -OCH3 is 1. The minimum absolute atomic E-state index is 0.118. The van der Waals surface area contributed by atoms with Gasteiger partial charge in [0.25, 0.3) is 0 Å². The lowest BCUT2D eigenvalue weighted by molar-refractivity contribution is -0.153. The number of hydrogen-bond donors (Lipinski definition) is 2. The van der Waals surface area contributed by atoms with E-state index in [1.165, 1.54) is 72.3 Å². The molecule has 0 heterocycles. The minimum Gasteiger partial charge on any atom is -0.463 e. The summed E-state index contributed by atoms with van der Waals surface area (Å²) in [6, 6.07) is 0. The predicted molar refractivity (Wildman–Crippen MR) is 128 cm³/mol. The van der Waals surface area contributed by atoms with Crippen LogP contribution in [0.4, 0.5) is 0 Å². The maximum Gasteiger partial charge on any atom is 0.470 e. The van der Waals surface area contributed by atoms with Gasteiger partial charge in [0, 0.05) is 13.5 Å². The van der Waals surface area contributed by atoms with Crippen molar-refractivity contribution >= 4 is 13.8 Å². The van der Waals surface area contributed by atoms with Crippen LogP contribution in [0.3, 0.4) is 0 Å². The molecule has 0 aromatic heterocycles. The molecular formula is C24H47O7P. The Labute approximate surface area is 195 Å². The van der Waals surface area contributed by atoms with Crippen LogP contribution < -0.4 is 0 Å². The Morgan fingerprint density at radius 2 is 1.41 bits per heavy atom. The topological polar surface area (TPSA) is 102 Å². The number of esters is 1. The fourth-order valence-corrected chi connectivity index (χ4v) is 4.23. The van der Waals surface area contributed by atoms with Crippen LogP contribution in [0.1, 0.15) is 111 Å². The molecule has 190 valence electrons. The average Bonchev–Trinajstić information content (AvgIpc) is 2.69. The van der Waals surface area contributed by atoms with Gasteiger partial charge in [-0.25, -0.2) is 4.57 Å². The Morgan fingerprint density at radius 3 is 1.91 bits per heavy atom. The number of unbranched alkanes of at least 4 members (excludes halogenated alkanes) is 11. The molecule has 0 aromatic carbocycles. The van der Waals surface area contributed by atoms with Gasteiger partial charge >= 0.3 is 13.8 Å². The van der Waals surface area contributed by atoms with Crippen molar-refractivity contribution < 1.29 is 33.1 Å². The number of phosphoric ester groups is 1. The predicted octanol–water partition coefficient (Wildman–Crippen LogP) is 6.47. The van der Waals surface area contributed by atoms with E-state index in [4.69, 9.17) is 23.8 Å². The molecule has 0 bridgehead atoms. The fourth-order valence-electron chi connectivity index (χ4n) is 3.50. The first-order chi connectivity index (χ1) is 15.1. The smallest absolute Gasteiger partial charge is 0.463 e. The summed E-state index contributed by atoms with van der Waals surface area (Å²) in [6.45, 7) is 5.10. The maximum atomic E-state index is 11.9. The molecule has 1 unspecified atom stereocenters. The molecule has 0 aliphatic rings. The van der Waals surface area contributed by atoms with Gasteiger partial charge in [0.15, 0.2) is 0 Å². The van der Waals surface area contributed by atoms with E-state index in [1.54, 1.807) is 0 Å². The zero-order valence-electron chi connectivity index (χ0n) is 20.7. The molecule has 0 radical (unpaired) electrons. The monoisotopic (exact) mass is 478 g/mol. The Hall–Kier alpha value is -0.720. The molecule has 8 heteroatoms. The second kappa shape index (κ2) is 18.7. The summed E-state index contributed by atoms with van der Waals surface area (Å²) in [5, 5.41) is 0. The Kier molecular flexibility index (Phi) is 18.3. The van der Waals surface area contributed by atoms with Crippen molar-refractivity contribution in [3.05, 3.63) is 12.2 Å². The van der Waals surface area contributed by atoms with Crippen molar-refractivity contribution in [2.24, 2.45) is 0 Å². The van der Waals surface area contributed by atoms with E-state index in [2.05, 4.69) is 19.1 Å². The first kappa shape index (κ1) is 31.3. The normalized spacial score (nSPS) is 13.6. The van der Waals surface area contributed by atoms with E-state index >= 15 is 0 Å². The van der Waals surface area contributed by atoms with Crippen molar-refractivity contribution in [1.82, 2.24) is 0 Å². The third-order valence-electron chi connectivity index (χ3n) is 5.45. The highest BCUT2D eigenvalue weighted by molar-refractivity contribution is 7.46. The zero-order chi connectivity index (χ0) is 24.3. The molecule has 2 N–H and O–H groups in total. The molecule has 0 rings (SSSR count). The highest BCUT2D eigenvalue weighted by Crippen LogP contribution is 2.42. The summed E-state index contributed by atoms with van der Waals surface area (Å²) in [5.41, 5.74) is -1.29. The maximum absolute atomic E-state index is 11.9.